The second-order valence-corrected chi connectivity index (χ2v) is 6.21. The number of hydrogen-bond acceptors (Lipinski definition) is 3. The Balaban J connectivity index is 1.57. The van der Waals surface area contributed by atoms with E-state index in [1.54, 1.807) is 16.9 Å². The molecule has 128 valence electrons. The maximum atomic E-state index is 12.8. The zero-order valence-electron chi connectivity index (χ0n) is 13.2. The van der Waals surface area contributed by atoms with Crippen LogP contribution in [0.3, 0.4) is 0 Å². The second-order valence-electron chi connectivity index (χ2n) is 5.29. The quantitative estimate of drug-likeness (QED) is 0.679. The molecule has 1 heterocycles. The van der Waals surface area contributed by atoms with Crippen molar-refractivity contribution >= 4 is 27.7 Å². The molecule has 2 aromatic carbocycles. The first-order valence-electron chi connectivity index (χ1n) is 7.54. The summed E-state index contributed by atoms with van der Waals surface area (Å²) in [5, 5.41) is 6.98. The van der Waals surface area contributed by atoms with Crippen molar-refractivity contribution in [1.82, 2.24) is 9.78 Å². The van der Waals surface area contributed by atoms with E-state index in [0.717, 1.165) is 10.0 Å². The number of nitrogens with one attached hydrogen (secondary N) is 1. The summed E-state index contributed by atoms with van der Waals surface area (Å²) in [6.07, 6.45) is 1.62. The number of amides is 1. The molecule has 1 aromatic heterocycles. The summed E-state index contributed by atoms with van der Waals surface area (Å²) in [5.41, 5.74) is 1.06. The van der Waals surface area contributed by atoms with Gasteiger partial charge in [-0.15, -0.1) is 0 Å². The molecule has 0 spiro atoms. The number of aromatic nitrogens is 2. The lowest BCUT2D eigenvalue weighted by atomic mass is 10.2. The van der Waals surface area contributed by atoms with Crippen LogP contribution >= 0.6 is 15.9 Å². The van der Waals surface area contributed by atoms with Crippen LogP contribution in [-0.2, 0) is 11.3 Å². The minimum Gasteiger partial charge on any atom is -0.484 e. The Morgan fingerprint density at radius 2 is 1.84 bits per heavy atom. The summed E-state index contributed by atoms with van der Waals surface area (Å²) in [7, 11) is 0. The van der Waals surface area contributed by atoms with Crippen LogP contribution in [-0.4, -0.2) is 22.3 Å². The van der Waals surface area contributed by atoms with Gasteiger partial charge in [0.1, 0.15) is 17.4 Å². The topological polar surface area (TPSA) is 56.1 Å². The Morgan fingerprint density at radius 1 is 1.12 bits per heavy atom. The third-order valence-corrected chi connectivity index (χ3v) is 3.94. The Morgan fingerprint density at radius 3 is 2.56 bits per heavy atom. The number of anilines is 1. The van der Waals surface area contributed by atoms with Gasteiger partial charge in [0, 0.05) is 10.5 Å². The number of nitrogens with zero attached hydrogens (tertiary/aromatic N) is 2. The van der Waals surface area contributed by atoms with Gasteiger partial charge in [-0.2, -0.15) is 5.10 Å². The summed E-state index contributed by atoms with van der Waals surface area (Å²) >= 11 is 3.40. The van der Waals surface area contributed by atoms with Crippen LogP contribution in [0, 0.1) is 5.82 Å². The van der Waals surface area contributed by atoms with E-state index in [4.69, 9.17) is 4.74 Å². The van der Waals surface area contributed by atoms with Crippen LogP contribution in [0.15, 0.2) is 65.3 Å². The summed E-state index contributed by atoms with van der Waals surface area (Å²) in [6.45, 7) is 0.365. The van der Waals surface area contributed by atoms with Crippen molar-refractivity contribution in [2.75, 3.05) is 11.9 Å². The lowest BCUT2D eigenvalue weighted by Gasteiger charge is -2.10. The SMILES string of the molecule is O=C(COc1ccc(F)cc1)Nc1ccnn1Cc1ccc(Br)cc1. The van der Waals surface area contributed by atoms with Crippen LogP contribution in [0.25, 0.3) is 0 Å². The van der Waals surface area contributed by atoms with Gasteiger partial charge in [0.05, 0.1) is 12.7 Å². The van der Waals surface area contributed by atoms with E-state index in [2.05, 4.69) is 26.3 Å². The molecular formula is C18H15BrFN3O2. The highest BCUT2D eigenvalue weighted by Gasteiger charge is 2.09. The molecule has 0 fully saturated rings. The fourth-order valence-corrected chi connectivity index (χ4v) is 2.45. The number of carbonyl (C=O) groups excluding carboxylic acids is 1. The summed E-state index contributed by atoms with van der Waals surface area (Å²) in [5.74, 6) is 0.339. The third kappa shape index (κ3) is 4.90. The van der Waals surface area contributed by atoms with Crippen LogP contribution in [0.1, 0.15) is 5.56 Å². The molecule has 0 aliphatic heterocycles. The summed E-state index contributed by atoms with van der Waals surface area (Å²) in [4.78, 5) is 12.0. The number of ether oxygens (including phenoxy) is 1. The predicted molar refractivity (Wildman–Crippen MR) is 96.0 cm³/mol. The molecule has 1 N–H and O–H groups in total. The summed E-state index contributed by atoms with van der Waals surface area (Å²) in [6, 6.07) is 15.1. The molecule has 0 aliphatic rings. The molecule has 0 atom stereocenters. The lowest BCUT2D eigenvalue weighted by molar-refractivity contribution is -0.118. The average molecular weight is 404 g/mol. The molecule has 0 aliphatic carbocycles. The Hall–Kier alpha value is -2.67. The second kappa shape index (κ2) is 7.94. The minimum absolute atomic E-state index is 0.172. The molecule has 5 nitrogen and oxygen atoms in total. The molecule has 7 heteroatoms. The monoisotopic (exact) mass is 403 g/mol. The van der Waals surface area contributed by atoms with Crippen LogP contribution in [0.4, 0.5) is 10.2 Å². The molecule has 0 unspecified atom stereocenters. The Kier molecular flexibility index (Phi) is 5.45. The lowest BCUT2D eigenvalue weighted by Crippen LogP contribution is -2.22. The van der Waals surface area contributed by atoms with Crippen LogP contribution in [0.5, 0.6) is 5.75 Å². The number of carbonyl (C=O) groups is 1. The van der Waals surface area contributed by atoms with Crippen molar-refractivity contribution in [2.45, 2.75) is 6.54 Å². The predicted octanol–water partition coefficient (Wildman–Crippen LogP) is 3.85. The molecule has 25 heavy (non-hydrogen) atoms. The van der Waals surface area contributed by atoms with E-state index in [1.165, 1.54) is 24.3 Å². The van der Waals surface area contributed by atoms with E-state index < -0.39 is 0 Å². The number of rotatable bonds is 6. The van der Waals surface area contributed by atoms with Crippen LogP contribution < -0.4 is 10.1 Å². The molecule has 0 saturated carbocycles. The van der Waals surface area contributed by atoms with E-state index in [-0.39, 0.29) is 18.3 Å². The fourth-order valence-electron chi connectivity index (χ4n) is 2.19. The molecule has 3 rings (SSSR count). The maximum Gasteiger partial charge on any atom is 0.263 e. The maximum absolute atomic E-state index is 12.8. The molecule has 0 bridgehead atoms. The van der Waals surface area contributed by atoms with Gasteiger partial charge in [-0.05, 0) is 42.0 Å². The fraction of sp³-hybridized carbons (Fsp3) is 0.111. The van der Waals surface area contributed by atoms with E-state index in [9.17, 15) is 9.18 Å². The van der Waals surface area contributed by atoms with Crippen LogP contribution in [0.2, 0.25) is 0 Å². The Bertz CT molecular complexity index is 848. The molecule has 3 aromatic rings. The normalized spacial score (nSPS) is 10.5. The van der Waals surface area contributed by atoms with Gasteiger partial charge < -0.3 is 10.1 Å². The highest BCUT2D eigenvalue weighted by atomic mass is 79.9. The van der Waals surface area contributed by atoms with Gasteiger partial charge in [-0.25, -0.2) is 9.07 Å². The molecule has 0 radical (unpaired) electrons. The zero-order chi connectivity index (χ0) is 17.6. The molecule has 0 saturated heterocycles. The summed E-state index contributed by atoms with van der Waals surface area (Å²) < 4.78 is 20.9. The van der Waals surface area contributed by atoms with Gasteiger partial charge in [-0.1, -0.05) is 28.1 Å². The van der Waals surface area contributed by atoms with Crippen molar-refractivity contribution < 1.29 is 13.9 Å². The first kappa shape index (κ1) is 17.2. The van der Waals surface area contributed by atoms with Gasteiger partial charge in [-0.3, -0.25) is 4.79 Å². The number of halogens is 2. The van der Waals surface area contributed by atoms with Crippen molar-refractivity contribution in [3.63, 3.8) is 0 Å². The van der Waals surface area contributed by atoms with E-state index in [0.29, 0.717) is 18.1 Å². The standard InChI is InChI=1S/C18H15BrFN3O2/c19-14-3-1-13(2-4-14)11-23-17(9-10-21-23)22-18(24)12-25-16-7-5-15(20)6-8-16/h1-10H,11-12H2,(H,22,24). The van der Waals surface area contributed by atoms with Gasteiger partial charge in [0.15, 0.2) is 6.61 Å². The largest absolute Gasteiger partial charge is 0.484 e. The van der Waals surface area contributed by atoms with Crippen molar-refractivity contribution in [1.29, 1.82) is 0 Å². The van der Waals surface area contributed by atoms with Crippen molar-refractivity contribution in [3.8, 4) is 5.75 Å². The molecular weight excluding hydrogens is 389 g/mol. The average Bonchev–Trinajstić information content (AvgIpc) is 3.03. The van der Waals surface area contributed by atoms with Gasteiger partial charge >= 0.3 is 0 Å². The van der Waals surface area contributed by atoms with Gasteiger partial charge in [0.2, 0.25) is 0 Å². The van der Waals surface area contributed by atoms with E-state index in [1.807, 2.05) is 24.3 Å². The minimum atomic E-state index is -0.353. The van der Waals surface area contributed by atoms with Crippen molar-refractivity contribution in [2.24, 2.45) is 0 Å². The number of benzene rings is 2. The smallest absolute Gasteiger partial charge is 0.263 e. The first-order chi connectivity index (χ1) is 12.1. The Labute approximate surface area is 152 Å². The highest BCUT2D eigenvalue weighted by Crippen LogP contribution is 2.14. The number of hydrogen-bond donors (Lipinski definition) is 1. The first-order valence-corrected chi connectivity index (χ1v) is 8.34. The van der Waals surface area contributed by atoms with E-state index >= 15 is 0 Å². The van der Waals surface area contributed by atoms with Gasteiger partial charge in [0.25, 0.3) is 5.91 Å². The molecule has 1 amide bonds. The highest BCUT2D eigenvalue weighted by molar-refractivity contribution is 9.10. The zero-order valence-corrected chi connectivity index (χ0v) is 14.7. The third-order valence-electron chi connectivity index (χ3n) is 3.41. The van der Waals surface area contributed by atoms with Crippen molar-refractivity contribution in [3.05, 3.63) is 76.6 Å².